The molecule has 1 aliphatic carbocycles. The van der Waals surface area contributed by atoms with E-state index in [0.717, 1.165) is 17.7 Å². The number of furan rings is 1. The fraction of sp³-hybridized carbons (Fsp3) is 0.375. The van der Waals surface area contributed by atoms with Gasteiger partial charge in [0.15, 0.2) is 0 Å². The predicted molar refractivity (Wildman–Crippen MR) is 75.7 cm³/mol. The average molecular weight is 256 g/mol. The van der Waals surface area contributed by atoms with Gasteiger partial charge in [0.25, 0.3) is 0 Å². The first-order valence-electron chi connectivity index (χ1n) is 6.88. The van der Waals surface area contributed by atoms with Crippen molar-refractivity contribution in [2.24, 2.45) is 5.84 Å². The highest BCUT2D eigenvalue weighted by molar-refractivity contribution is 5.36. The summed E-state index contributed by atoms with van der Waals surface area (Å²) in [6, 6.07) is 8.81. The minimum atomic E-state index is 0.0365. The summed E-state index contributed by atoms with van der Waals surface area (Å²) in [5.74, 6) is 6.62. The van der Waals surface area contributed by atoms with Crippen LogP contribution in [0.4, 0.5) is 0 Å². The maximum atomic E-state index is 5.68. The van der Waals surface area contributed by atoms with Crippen molar-refractivity contribution in [3.05, 3.63) is 58.5 Å². The van der Waals surface area contributed by atoms with E-state index in [1.54, 1.807) is 6.26 Å². The second-order valence-corrected chi connectivity index (χ2v) is 5.35. The molecule has 1 atom stereocenters. The van der Waals surface area contributed by atoms with Crippen LogP contribution >= 0.6 is 0 Å². The zero-order chi connectivity index (χ0) is 13.2. The second-order valence-electron chi connectivity index (χ2n) is 5.35. The van der Waals surface area contributed by atoms with E-state index in [4.69, 9.17) is 10.3 Å². The Balaban J connectivity index is 1.81. The highest BCUT2D eigenvalue weighted by Gasteiger charge is 2.18. The molecule has 19 heavy (non-hydrogen) atoms. The summed E-state index contributed by atoms with van der Waals surface area (Å²) in [6.07, 6.45) is 6.31. The summed E-state index contributed by atoms with van der Waals surface area (Å²) >= 11 is 0. The quantitative estimate of drug-likeness (QED) is 0.653. The Kier molecular flexibility index (Phi) is 3.40. The maximum absolute atomic E-state index is 5.68. The number of nitrogens with two attached hydrogens (primary N) is 1. The molecule has 100 valence electrons. The van der Waals surface area contributed by atoms with E-state index in [2.05, 4.69) is 23.6 Å². The molecular formula is C16H20N2O. The van der Waals surface area contributed by atoms with Crippen LogP contribution in [-0.4, -0.2) is 0 Å². The molecule has 0 spiro atoms. The Morgan fingerprint density at radius 2 is 2.11 bits per heavy atom. The molecule has 3 N–H and O–H groups in total. The summed E-state index contributed by atoms with van der Waals surface area (Å²) in [5.41, 5.74) is 8.34. The number of nitrogens with one attached hydrogen (secondary N) is 1. The minimum absolute atomic E-state index is 0.0365. The van der Waals surface area contributed by atoms with E-state index in [1.165, 1.54) is 36.0 Å². The van der Waals surface area contributed by atoms with Crippen molar-refractivity contribution in [2.75, 3.05) is 0 Å². The number of hydrazine groups is 1. The molecular weight excluding hydrogens is 236 g/mol. The average Bonchev–Trinajstić information content (AvgIpc) is 3.04. The zero-order valence-electron chi connectivity index (χ0n) is 11.3. The molecule has 3 rings (SSSR count). The molecule has 1 unspecified atom stereocenters. The van der Waals surface area contributed by atoms with Crippen LogP contribution in [0.3, 0.4) is 0 Å². The van der Waals surface area contributed by atoms with Crippen LogP contribution in [0.5, 0.6) is 0 Å². The topological polar surface area (TPSA) is 51.2 Å². The van der Waals surface area contributed by atoms with Gasteiger partial charge in [0, 0.05) is 0 Å². The van der Waals surface area contributed by atoms with E-state index in [0.29, 0.717) is 0 Å². The van der Waals surface area contributed by atoms with Crippen LogP contribution in [0.15, 0.2) is 34.9 Å². The van der Waals surface area contributed by atoms with Crippen molar-refractivity contribution in [3.8, 4) is 0 Å². The van der Waals surface area contributed by atoms with Crippen LogP contribution in [-0.2, 0) is 19.3 Å². The summed E-state index contributed by atoms with van der Waals surface area (Å²) < 4.78 is 5.54. The SMILES string of the molecule is Cc1ccoc1C(Cc1ccc2c(c1)CCC2)NN. The molecule has 0 radical (unpaired) electrons. The molecule has 0 bridgehead atoms. The van der Waals surface area contributed by atoms with Crippen LogP contribution in [0.2, 0.25) is 0 Å². The number of rotatable bonds is 4. The van der Waals surface area contributed by atoms with Crippen molar-refractivity contribution in [1.29, 1.82) is 0 Å². The van der Waals surface area contributed by atoms with Crippen LogP contribution in [0.25, 0.3) is 0 Å². The lowest BCUT2D eigenvalue weighted by Crippen LogP contribution is -2.29. The molecule has 2 aromatic rings. The van der Waals surface area contributed by atoms with Crippen molar-refractivity contribution in [1.82, 2.24) is 5.43 Å². The number of fused-ring (bicyclic) bond motifs is 1. The van der Waals surface area contributed by atoms with Gasteiger partial charge in [0.2, 0.25) is 0 Å². The first kappa shape index (κ1) is 12.5. The first-order chi connectivity index (χ1) is 9.28. The molecule has 0 saturated heterocycles. The van der Waals surface area contributed by atoms with Gasteiger partial charge in [-0.1, -0.05) is 18.2 Å². The Hall–Kier alpha value is -1.58. The summed E-state index contributed by atoms with van der Waals surface area (Å²) in [7, 11) is 0. The predicted octanol–water partition coefficient (Wildman–Crippen LogP) is 2.82. The zero-order valence-corrected chi connectivity index (χ0v) is 11.3. The van der Waals surface area contributed by atoms with Crippen LogP contribution in [0.1, 0.15) is 40.5 Å². The fourth-order valence-electron chi connectivity index (χ4n) is 2.96. The highest BCUT2D eigenvalue weighted by Crippen LogP contribution is 2.26. The molecule has 1 aliphatic rings. The summed E-state index contributed by atoms with van der Waals surface area (Å²) in [6.45, 7) is 2.05. The lowest BCUT2D eigenvalue weighted by molar-refractivity contribution is 0.413. The van der Waals surface area contributed by atoms with Gasteiger partial charge in [0.05, 0.1) is 12.3 Å². The number of aryl methyl sites for hydroxylation is 3. The number of hydrogen-bond acceptors (Lipinski definition) is 3. The molecule has 0 aliphatic heterocycles. The van der Waals surface area contributed by atoms with Crippen molar-refractivity contribution >= 4 is 0 Å². The van der Waals surface area contributed by atoms with E-state index < -0.39 is 0 Å². The third-order valence-corrected chi connectivity index (χ3v) is 4.02. The third-order valence-electron chi connectivity index (χ3n) is 4.02. The Morgan fingerprint density at radius 3 is 2.84 bits per heavy atom. The largest absolute Gasteiger partial charge is 0.467 e. The normalized spacial score (nSPS) is 15.5. The van der Waals surface area contributed by atoms with Crippen molar-refractivity contribution in [2.45, 2.75) is 38.6 Å². The molecule has 0 fully saturated rings. The van der Waals surface area contributed by atoms with E-state index >= 15 is 0 Å². The second kappa shape index (κ2) is 5.19. The van der Waals surface area contributed by atoms with Gasteiger partial charge in [0.1, 0.15) is 5.76 Å². The van der Waals surface area contributed by atoms with E-state index in [1.807, 2.05) is 13.0 Å². The van der Waals surface area contributed by atoms with Crippen molar-refractivity contribution in [3.63, 3.8) is 0 Å². The van der Waals surface area contributed by atoms with E-state index in [9.17, 15) is 0 Å². The summed E-state index contributed by atoms with van der Waals surface area (Å²) in [4.78, 5) is 0. The maximum Gasteiger partial charge on any atom is 0.125 e. The Bertz CT molecular complexity index is 574. The highest BCUT2D eigenvalue weighted by atomic mass is 16.3. The monoisotopic (exact) mass is 256 g/mol. The van der Waals surface area contributed by atoms with E-state index in [-0.39, 0.29) is 6.04 Å². The number of benzene rings is 1. The first-order valence-corrected chi connectivity index (χ1v) is 6.88. The lowest BCUT2D eigenvalue weighted by Gasteiger charge is -2.15. The minimum Gasteiger partial charge on any atom is -0.467 e. The van der Waals surface area contributed by atoms with Gasteiger partial charge in [-0.2, -0.15) is 0 Å². The van der Waals surface area contributed by atoms with Crippen LogP contribution < -0.4 is 11.3 Å². The standard InChI is InChI=1S/C16H20N2O/c1-11-7-8-19-16(11)15(18-17)10-12-5-6-13-3-2-4-14(13)9-12/h5-9,15,18H,2-4,10,17H2,1H3. The third kappa shape index (κ3) is 2.44. The number of hydrogen-bond donors (Lipinski definition) is 2. The van der Waals surface area contributed by atoms with Gasteiger partial charge < -0.3 is 4.42 Å². The molecule has 1 aromatic heterocycles. The van der Waals surface area contributed by atoms with Gasteiger partial charge in [-0.05, 0) is 60.9 Å². The van der Waals surface area contributed by atoms with Gasteiger partial charge in [-0.15, -0.1) is 0 Å². The van der Waals surface area contributed by atoms with Crippen molar-refractivity contribution < 1.29 is 4.42 Å². The Labute approximate surface area is 113 Å². The summed E-state index contributed by atoms with van der Waals surface area (Å²) in [5, 5.41) is 0. The van der Waals surface area contributed by atoms with Gasteiger partial charge in [-0.25, -0.2) is 5.43 Å². The Morgan fingerprint density at radius 1 is 1.26 bits per heavy atom. The smallest absolute Gasteiger partial charge is 0.125 e. The molecule has 1 heterocycles. The molecule has 0 saturated carbocycles. The molecule has 1 aromatic carbocycles. The van der Waals surface area contributed by atoms with Gasteiger partial charge >= 0.3 is 0 Å². The molecule has 3 nitrogen and oxygen atoms in total. The van der Waals surface area contributed by atoms with Crippen LogP contribution in [0, 0.1) is 6.92 Å². The molecule has 0 amide bonds. The lowest BCUT2D eigenvalue weighted by atomic mass is 9.99. The molecule has 3 heteroatoms. The van der Waals surface area contributed by atoms with Gasteiger partial charge in [-0.3, -0.25) is 5.84 Å². The fourth-order valence-corrected chi connectivity index (χ4v) is 2.96.